The summed E-state index contributed by atoms with van der Waals surface area (Å²) in [5, 5.41) is 11.1. The summed E-state index contributed by atoms with van der Waals surface area (Å²) in [5.41, 5.74) is 1.09. The Bertz CT molecular complexity index is 1140. The SMILES string of the molecule is C#CCn1c(=NC(=O)c2ccccc2SCC)sc2ccc([N+](=O)[O-])cc21. The summed E-state index contributed by atoms with van der Waals surface area (Å²) < 4.78 is 2.43. The van der Waals surface area contributed by atoms with E-state index in [1.165, 1.54) is 23.5 Å². The van der Waals surface area contributed by atoms with Crippen molar-refractivity contribution in [3.05, 3.63) is 62.9 Å². The van der Waals surface area contributed by atoms with Crippen molar-refractivity contribution >= 4 is 44.9 Å². The van der Waals surface area contributed by atoms with Gasteiger partial charge in [-0.15, -0.1) is 18.2 Å². The number of nitrogens with zero attached hydrogens (tertiary/aromatic N) is 3. The first-order chi connectivity index (χ1) is 13.0. The zero-order valence-corrected chi connectivity index (χ0v) is 16.0. The second kappa shape index (κ2) is 8.20. The van der Waals surface area contributed by atoms with Crippen LogP contribution in [0.2, 0.25) is 0 Å². The van der Waals surface area contributed by atoms with Crippen molar-refractivity contribution in [3.63, 3.8) is 0 Å². The summed E-state index contributed by atoms with van der Waals surface area (Å²) in [6.07, 6.45) is 5.45. The van der Waals surface area contributed by atoms with Gasteiger partial charge in [0.25, 0.3) is 11.6 Å². The average molecular weight is 397 g/mol. The summed E-state index contributed by atoms with van der Waals surface area (Å²) >= 11 is 2.85. The first-order valence-corrected chi connectivity index (χ1v) is 9.87. The fraction of sp³-hybridized carbons (Fsp3) is 0.158. The lowest BCUT2D eigenvalue weighted by molar-refractivity contribution is -0.384. The lowest BCUT2D eigenvalue weighted by atomic mass is 10.2. The van der Waals surface area contributed by atoms with Crippen molar-refractivity contribution < 1.29 is 9.72 Å². The third kappa shape index (κ3) is 3.94. The number of aromatic nitrogens is 1. The molecule has 0 aliphatic heterocycles. The Balaban J connectivity index is 2.16. The Morgan fingerprint density at radius 2 is 2.15 bits per heavy atom. The van der Waals surface area contributed by atoms with E-state index in [2.05, 4.69) is 10.9 Å². The number of carbonyl (C=O) groups is 1. The lowest BCUT2D eigenvalue weighted by Gasteiger charge is -2.04. The number of rotatable bonds is 5. The molecule has 0 radical (unpaired) electrons. The molecule has 0 bridgehead atoms. The molecular weight excluding hydrogens is 382 g/mol. The molecule has 0 aliphatic rings. The third-order valence-corrected chi connectivity index (χ3v) is 5.76. The van der Waals surface area contributed by atoms with Crippen molar-refractivity contribution in [1.82, 2.24) is 4.57 Å². The summed E-state index contributed by atoms with van der Waals surface area (Å²) in [6.45, 7) is 2.18. The van der Waals surface area contributed by atoms with E-state index in [0.717, 1.165) is 15.3 Å². The van der Waals surface area contributed by atoms with Gasteiger partial charge in [-0.2, -0.15) is 4.99 Å². The van der Waals surface area contributed by atoms with Crippen molar-refractivity contribution in [2.45, 2.75) is 18.4 Å². The number of nitro groups is 1. The summed E-state index contributed by atoms with van der Waals surface area (Å²) in [5.74, 6) is 3.00. The minimum Gasteiger partial charge on any atom is -0.304 e. The van der Waals surface area contributed by atoms with E-state index in [4.69, 9.17) is 6.42 Å². The zero-order chi connectivity index (χ0) is 19.4. The van der Waals surface area contributed by atoms with Crippen LogP contribution in [0.25, 0.3) is 10.2 Å². The summed E-state index contributed by atoms with van der Waals surface area (Å²) in [6, 6.07) is 11.8. The van der Waals surface area contributed by atoms with E-state index in [9.17, 15) is 14.9 Å². The molecule has 0 aliphatic carbocycles. The molecule has 6 nitrogen and oxygen atoms in total. The molecule has 1 amide bonds. The van der Waals surface area contributed by atoms with Crippen LogP contribution >= 0.6 is 23.1 Å². The van der Waals surface area contributed by atoms with Gasteiger partial charge < -0.3 is 4.57 Å². The number of non-ortho nitro benzene ring substituents is 1. The first-order valence-electron chi connectivity index (χ1n) is 8.07. The fourth-order valence-corrected chi connectivity index (χ4v) is 4.38. The number of terminal acetylenes is 1. The molecule has 27 heavy (non-hydrogen) atoms. The van der Waals surface area contributed by atoms with Gasteiger partial charge in [-0.3, -0.25) is 14.9 Å². The number of amides is 1. The van der Waals surface area contributed by atoms with Gasteiger partial charge in [0.1, 0.15) is 0 Å². The summed E-state index contributed by atoms with van der Waals surface area (Å²) in [7, 11) is 0. The molecule has 0 unspecified atom stereocenters. The van der Waals surface area contributed by atoms with E-state index >= 15 is 0 Å². The maximum Gasteiger partial charge on any atom is 0.280 e. The highest BCUT2D eigenvalue weighted by Crippen LogP contribution is 2.24. The highest BCUT2D eigenvalue weighted by Gasteiger charge is 2.14. The standard InChI is InChI=1S/C19H15N3O3S2/c1-3-11-21-15-12-13(22(24)25)9-10-17(15)27-19(21)20-18(23)14-7-5-6-8-16(14)26-4-2/h1,5-10,12H,4,11H2,2H3. The van der Waals surface area contributed by atoms with E-state index in [-0.39, 0.29) is 18.1 Å². The molecular formula is C19H15N3O3S2. The fourth-order valence-electron chi connectivity index (χ4n) is 2.57. The second-order valence-corrected chi connectivity index (χ2v) is 7.75. The maximum absolute atomic E-state index is 12.8. The number of fused-ring (bicyclic) bond motifs is 1. The number of thioether (sulfide) groups is 1. The van der Waals surface area contributed by atoms with E-state index < -0.39 is 4.92 Å². The van der Waals surface area contributed by atoms with Crippen LogP contribution in [-0.2, 0) is 6.54 Å². The van der Waals surface area contributed by atoms with Gasteiger partial charge in [0, 0.05) is 17.0 Å². The van der Waals surface area contributed by atoms with Gasteiger partial charge in [0.15, 0.2) is 4.80 Å². The number of hydrogen-bond donors (Lipinski definition) is 0. The predicted octanol–water partition coefficient (Wildman–Crippen LogP) is 4.10. The highest BCUT2D eigenvalue weighted by molar-refractivity contribution is 7.99. The highest BCUT2D eigenvalue weighted by atomic mass is 32.2. The molecule has 8 heteroatoms. The second-order valence-electron chi connectivity index (χ2n) is 5.43. The van der Waals surface area contributed by atoms with Crippen LogP contribution in [0.4, 0.5) is 5.69 Å². The Morgan fingerprint density at radius 1 is 1.37 bits per heavy atom. The van der Waals surface area contributed by atoms with Crippen LogP contribution in [0.3, 0.4) is 0 Å². The molecule has 0 atom stereocenters. The van der Waals surface area contributed by atoms with Crippen molar-refractivity contribution in [1.29, 1.82) is 0 Å². The molecule has 0 saturated heterocycles. The molecule has 0 fully saturated rings. The molecule has 136 valence electrons. The van der Waals surface area contributed by atoms with E-state index in [0.29, 0.717) is 15.9 Å². The molecule has 2 aromatic carbocycles. The number of thiazole rings is 1. The van der Waals surface area contributed by atoms with E-state index in [1.807, 2.05) is 19.1 Å². The zero-order valence-electron chi connectivity index (χ0n) is 14.4. The normalized spacial score (nSPS) is 11.5. The first kappa shape index (κ1) is 18.9. The minimum atomic E-state index is -0.461. The minimum absolute atomic E-state index is 0.0337. The van der Waals surface area contributed by atoms with Crippen molar-refractivity contribution in [3.8, 4) is 12.3 Å². The van der Waals surface area contributed by atoms with Gasteiger partial charge in [-0.1, -0.05) is 36.3 Å². The number of benzene rings is 2. The Kier molecular flexibility index (Phi) is 5.74. The van der Waals surface area contributed by atoms with Crippen LogP contribution in [-0.4, -0.2) is 21.2 Å². The van der Waals surface area contributed by atoms with Gasteiger partial charge in [0.05, 0.1) is 27.2 Å². The number of nitro benzene ring substituents is 1. The van der Waals surface area contributed by atoms with Gasteiger partial charge >= 0.3 is 0 Å². The van der Waals surface area contributed by atoms with Crippen LogP contribution in [0.1, 0.15) is 17.3 Å². The quantitative estimate of drug-likeness (QED) is 0.281. The summed E-state index contributed by atoms with van der Waals surface area (Å²) in [4.78, 5) is 28.9. The van der Waals surface area contributed by atoms with Crippen molar-refractivity contribution in [2.75, 3.05) is 5.75 Å². The van der Waals surface area contributed by atoms with Gasteiger partial charge in [-0.25, -0.2) is 0 Å². The van der Waals surface area contributed by atoms with Crippen LogP contribution in [0.15, 0.2) is 52.4 Å². The van der Waals surface area contributed by atoms with Gasteiger partial charge in [0.2, 0.25) is 0 Å². The lowest BCUT2D eigenvalue weighted by Crippen LogP contribution is -2.16. The molecule has 1 heterocycles. The smallest absolute Gasteiger partial charge is 0.280 e. The number of hydrogen-bond acceptors (Lipinski definition) is 5. The van der Waals surface area contributed by atoms with Crippen LogP contribution in [0, 0.1) is 22.5 Å². The molecule has 0 spiro atoms. The Morgan fingerprint density at radius 3 is 2.85 bits per heavy atom. The Hall–Kier alpha value is -2.89. The topological polar surface area (TPSA) is 77.5 Å². The van der Waals surface area contributed by atoms with Crippen LogP contribution < -0.4 is 4.80 Å². The molecule has 1 aromatic heterocycles. The Labute approximate surface area is 163 Å². The predicted molar refractivity (Wildman–Crippen MR) is 108 cm³/mol. The molecule has 0 saturated carbocycles. The monoisotopic (exact) mass is 397 g/mol. The number of carbonyl (C=O) groups excluding carboxylic acids is 1. The maximum atomic E-state index is 12.8. The van der Waals surface area contributed by atoms with Crippen molar-refractivity contribution in [2.24, 2.45) is 4.99 Å². The molecule has 3 aromatic rings. The van der Waals surface area contributed by atoms with Crippen LogP contribution in [0.5, 0.6) is 0 Å². The molecule has 0 N–H and O–H groups in total. The molecule has 3 rings (SSSR count). The van der Waals surface area contributed by atoms with Gasteiger partial charge in [-0.05, 0) is 24.0 Å². The average Bonchev–Trinajstić information content (AvgIpc) is 2.99. The third-order valence-electron chi connectivity index (χ3n) is 3.74. The largest absolute Gasteiger partial charge is 0.304 e. The van der Waals surface area contributed by atoms with E-state index in [1.54, 1.807) is 34.5 Å².